The van der Waals surface area contributed by atoms with Crippen LogP contribution < -0.4 is 15.5 Å². The second kappa shape index (κ2) is 11.4. The second-order valence-corrected chi connectivity index (χ2v) is 10.3. The predicted molar refractivity (Wildman–Crippen MR) is 137 cm³/mol. The Morgan fingerprint density at radius 3 is 2.32 bits per heavy atom. The average molecular weight is 496 g/mol. The summed E-state index contributed by atoms with van der Waals surface area (Å²) >= 11 is 2.77. The summed E-state index contributed by atoms with van der Waals surface area (Å²) in [7, 11) is 0. The first-order valence-corrected chi connectivity index (χ1v) is 13.4. The molecule has 4 rings (SSSR count). The van der Waals surface area contributed by atoms with E-state index >= 15 is 0 Å². The van der Waals surface area contributed by atoms with Crippen LogP contribution in [0.25, 0.3) is 0 Å². The second-order valence-electron chi connectivity index (χ2n) is 8.35. The number of nitrogens with one attached hydrogen (secondary N) is 2. The SMILES string of the molecule is CCc1ccc(N(C(=O)CNC(=O)c2cccs2)[C@@H](C(=O)NC2CCCC2)c2cccs2)cc1. The summed E-state index contributed by atoms with van der Waals surface area (Å²) in [5.74, 6) is -0.825. The Hall–Kier alpha value is -2.97. The maximum absolute atomic E-state index is 13.6. The molecule has 6 nitrogen and oxygen atoms in total. The molecule has 3 amide bonds. The van der Waals surface area contributed by atoms with Crippen LogP contribution >= 0.6 is 22.7 Å². The van der Waals surface area contributed by atoms with E-state index in [2.05, 4.69) is 17.6 Å². The van der Waals surface area contributed by atoms with Gasteiger partial charge in [0.05, 0.1) is 11.4 Å². The highest BCUT2D eigenvalue weighted by atomic mass is 32.1. The van der Waals surface area contributed by atoms with Crippen molar-refractivity contribution < 1.29 is 14.4 Å². The zero-order chi connectivity index (χ0) is 23.9. The highest BCUT2D eigenvalue weighted by molar-refractivity contribution is 7.12. The molecule has 1 atom stereocenters. The van der Waals surface area contributed by atoms with Crippen LogP contribution in [0.15, 0.2) is 59.3 Å². The summed E-state index contributed by atoms with van der Waals surface area (Å²) in [4.78, 5) is 42.5. The van der Waals surface area contributed by atoms with Crippen molar-refractivity contribution in [3.05, 3.63) is 74.6 Å². The molecular formula is C26H29N3O3S2. The van der Waals surface area contributed by atoms with Crippen molar-refractivity contribution in [1.29, 1.82) is 0 Å². The van der Waals surface area contributed by atoms with Gasteiger partial charge < -0.3 is 10.6 Å². The van der Waals surface area contributed by atoms with Crippen LogP contribution in [0, 0.1) is 0 Å². The molecule has 2 aromatic heterocycles. The molecule has 1 saturated carbocycles. The Morgan fingerprint density at radius 2 is 1.71 bits per heavy atom. The Kier molecular flexibility index (Phi) is 8.13. The summed E-state index contributed by atoms with van der Waals surface area (Å²) in [6.45, 7) is 1.87. The molecule has 34 heavy (non-hydrogen) atoms. The molecular weight excluding hydrogens is 466 g/mol. The summed E-state index contributed by atoms with van der Waals surface area (Å²) in [6.07, 6.45) is 4.99. The number of anilines is 1. The fraction of sp³-hybridized carbons (Fsp3) is 0.346. The van der Waals surface area contributed by atoms with E-state index in [-0.39, 0.29) is 30.3 Å². The minimum absolute atomic E-state index is 0.132. The van der Waals surface area contributed by atoms with Crippen LogP contribution in [0.2, 0.25) is 0 Å². The Balaban J connectivity index is 1.63. The number of thiophene rings is 2. The third-order valence-electron chi connectivity index (χ3n) is 6.06. The lowest BCUT2D eigenvalue weighted by Crippen LogP contribution is -2.48. The van der Waals surface area contributed by atoms with E-state index < -0.39 is 6.04 Å². The average Bonchev–Trinajstić information content (AvgIpc) is 3.64. The zero-order valence-corrected chi connectivity index (χ0v) is 20.8. The van der Waals surface area contributed by atoms with E-state index in [0.29, 0.717) is 10.6 Å². The molecule has 0 bridgehead atoms. The lowest BCUT2D eigenvalue weighted by atomic mass is 10.1. The molecule has 2 heterocycles. The van der Waals surface area contributed by atoms with Gasteiger partial charge in [0.1, 0.15) is 6.04 Å². The maximum atomic E-state index is 13.6. The molecule has 1 aliphatic carbocycles. The van der Waals surface area contributed by atoms with Crippen molar-refractivity contribution in [2.75, 3.05) is 11.4 Å². The van der Waals surface area contributed by atoms with Gasteiger partial charge in [-0.25, -0.2) is 0 Å². The van der Waals surface area contributed by atoms with Crippen LogP contribution in [0.1, 0.15) is 58.8 Å². The van der Waals surface area contributed by atoms with Gasteiger partial charge in [-0.3, -0.25) is 19.3 Å². The Bertz CT molecular complexity index is 1090. The number of amides is 3. The molecule has 1 aromatic carbocycles. The quantitative estimate of drug-likeness (QED) is 0.442. The molecule has 178 valence electrons. The number of carbonyl (C=O) groups excluding carboxylic acids is 3. The monoisotopic (exact) mass is 495 g/mol. The van der Waals surface area contributed by atoms with Gasteiger partial charge in [-0.05, 0) is 59.9 Å². The standard InChI is InChI=1S/C26H29N3O3S2/c1-2-18-11-13-20(14-12-18)29(23(30)17-27-25(31)22-10-6-16-34-22)24(21-9-5-15-33-21)26(32)28-19-7-3-4-8-19/h5-6,9-16,19,24H,2-4,7-8,17H2,1H3,(H,27,31)(H,28,32)/t24-/m1/s1. The molecule has 2 N–H and O–H groups in total. The van der Waals surface area contributed by atoms with Gasteiger partial charge in [0.25, 0.3) is 5.91 Å². The first-order valence-electron chi connectivity index (χ1n) is 11.6. The van der Waals surface area contributed by atoms with E-state index in [0.717, 1.165) is 42.5 Å². The number of hydrogen-bond donors (Lipinski definition) is 2. The number of benzene rings is 1. The number of hydrogen-bond acceptors (Lipinski definition) is 5. The molecule has 0 saturated heterocycles. The minimum atomic E-state index is -0.806. The maximum Gasteiger partial charge on any atom is 0.261 e. The molecule has 0 aliphatic heterocycles. The minimum Gasteiger partial charge on any atom is -0.351 e. The van der Waals surface area contributed by atoms with Gasteiger partial charge in [0, 0.05) is 16.6 Å². The van der Waals surface area contributed by atoms with E-state index in [1.165, 1.54) is 27.6 Å². The molecule has 8 heteroatoms. The predicted octanol–water partition coefficient (Wildman–Crippen LogP) is 4.94. The highest BCUT2D eigenvalue weighted by Gasteiger charge is 2.35. The van der Waals surface area contributed by atoms with E-state index in [4.69, 9.17) is 0 Å². The van der Waals surface area contributed by atoms with Gasteiger partial charge in [0.15, 0.2) is 0 Å². The van der Waals surface area contributed by atoms with Crippen LogP contribution in [0.5, 0.6) is 0 Å². The first kappa shape index (κ1) is 24.2. The number of aryl methyl sites for hydroxylation is 1. The number of nitrogens with zero attached hydrogens (tertiary/aromatic N) is 1. The lowest BCUT2D eigenvalue weighted by Gasteiger charge is -2.31. The number of carbonyl (C=O) groups is 3. The van der Waals surface area contributed by atoms with Gasteiger partial charge in [-0.15, -0.1) is 22.7 Å². The Morgan fingerprint density at radius 1 is 1.00 bits per heavy atom. The van der Waals surface area contributed by atoms with Gasteiger partial charge in [0.2, 0.25) is 11.8 Å². The Labute approximate surface area is 208 Å². The molecule has 1 aliphatic rings. The first-order chi connectivity index (χ1) is 16.6. The van der Waals surface area contributed by atoms with Crippen LogP contribution in [0.4, 0.5) is 5.69 Å². The molecule has 1 fully saturated rings. The topological polar surface area (TPSA) is 78.5 Å². The molecule has 0 unspecified atom stereocenters. The van der Waals surface area contributed by atoms with Gasteiger partial charge in [-0.1, -0.05) is 44.0 Å². The van der Waals surface area contributed by atoms with Crippen LogP contribution in [0.3, 0.4) is 0 Å². The third-order valence-corrected chi connectivity index (χ3v) is 7.85. The summed E-state index contributed by atoms with van der Waals surface area (Å²) in [5, 5.41) is 9.62. The summed E-state index contributed by atoms with van der Waals surface area (Å²) < 4.78 is 0. The van der Waals surface area contributed by atoms with Crippen molar-refractivity contribution in [1.82, 2.24) is 10.6 Å². The largest absolute Gasteiger partial charge is 0.351 e. The fourth-order valence-electron chi connectivity index (χ4n) is 4.24. The van der Waals surface area contributed by atoms with Crippen LogP contribution in [-0.2, 0) is 16.0 Å². The van der Waals surface area contributed by atoms with E-state index in [9.17, 15) is 14.4 Å². The van der Waals surface area contributed by atoms with Crippen molar-refractivity contribution in [2.24, 2.45) is 0 Å². The lowest BCUT2D eigenvalue weighted by molar-refractivity contribution is -0.126. The van der Waals surface area contributed by atoms with Crippen molar-refractivity contribution >= 4 is 46.1 Å². The molecule has 0 radical (unpaired) electrons. The number of rotatable bonds is 9. The van der Waals surface area contributed by atoms with E-state index in [1.807, 2.05) is 47.2 Å². The van der Waals surface area contributed by atoms with Gasteiger partial charge >= 0.3 is 0 Å². The van der Waals surface area contributed by atoms with Crippen molar-refractivity contribution in [3.8, 4) is 0 Å². The van der Waals surface area contributed by atoms with E-state index in [1.54, 1.807) is 12.1 Å². The van der Waals surface area contributed by atoms with Crippen LogP contribution in [-0.4, -0.2) is 30.3 Å². The van der Waals surface area contributed by atoms with Crippen molar-refractivity contribution in [3.63, 3.8) is 0 Å². The zero-order valence-electron chi connectivity index (χ0n) is 19.2. The molecule has 0 spiro atoms. The van der Waals surface area contributed by atoms with Gasteiger partial charge in [-0.2, -0.15) is 0 Å². The fourth-order valence-corrected chi connectivity index (χ4v) is 5.69. The highest BCUT2D eigenvalue weighted by Crippen LogP contribution is 2.32. The summed E-state index contributed by atoms with van der Waals surface area (Å²) in [6, 6.07) is 14.3. The smallest absolute Gasteiger partial charge is 0.261 e. The van der Waals surface area contributed by atoms with Crippen molar-refractivity contribution in [2.45, 2.75) is 51.1 Å². The summed E-state index contributed by atoms with van der Waals surface area (Å²) in [5.41, 5.74) is 1.78. The third kappa shape index (κ3) is 5.74. The molecule has 3 aromatic rings. The normalized spacial score (nSPS) is 14.5.